The summed E-state index contributed by atoms with van der Waals surface area (Å²) < 4.78 is 4.89. The van der Waals surface area contributed by atoms with Gasteiger partial charge in [0, 0.05) is 25.5 Å². The maximum absolute atomic E-state index is 11.6. The molecule has 0 bridgehead atoms. The molecule has 3 N–H and O–H groups in total. The summed E-state index contributed by atoms with van der Waals surface area (Å²) in [4.78, 5) is 19.2. The number of amides is 1. The maximum atomic E-state index is 11.6. The third-order valence-electron chi connectivity index (χ3n) is 1.74. The molecule has 1 atom stereocenters. The van der Waals surface area contributed by atoms with E-state index in [4.69, 9.17) is 10.5 Å². The normalized spacial score (nSPS) is 12.1. The van der Waals surface area contributed by atoms with Crippen molar-refractivity contribution >= 4 is 11.7 Å². The van der Waals surface area contributed by atoms with Crippen LogP contribution in [0, 0.1) is 0 Å². The van der Waals surface area contributed by atoms with E-state index in [-0.39, 0.29) is 23.5 Å². The van der Waals surface area contributed by atoms with E-state index in [1.165, 1.54) is 12.4 Å². The zero-order valence-electron chi connectivity index (χ0n) is 8.73. The van der Waals surface area contributed by atoms with Crippen molar-refractivity contribution in [3.63, 3.8) is 0 Å². The van der Waals surface area contributed by atoms with Crippen LogP contribution in [0.25, 0.3) is 0 Å². The first-order chi connectivity index (χ1) is 7.15. The van der Waals surface area contributed by atoms with Crippen LogP contribution in [-0.4, -0.2) is 35.6 Å². The topological polar surface area (TPSA) is 90.1 Å². The zero-order chi connectivity index (χ0) is 11.3. The Hall–Kier alpha value is -1.69. The molecule has 1 rings (SSSR count). The molecule has 1 heterocycles. The van der Waals surface area contributed by atoms with Gasteiger partial charge in [0.1, 0.15) is 0 Å². The number of hydrogen-bond acceptors (Lipinski definition) is 5. The number of carbonyl (C=O) groups excluding carboxylic acids is 1. The third kappa shape index (κ3) is 3.17. The van der Waals surface area contributed by atoms with Gasteiger partial charge in [-0.2, -0.15) is 0 Å². The van der Waals surface area contributed by atoms with Crippen LogP contribution in [0.2, 0.25) is 0 Å². The van der Waals surface area contributed by atoms with Crippen LogP contribution >= 0.6 is 0 Å². The predicted molar refractivity (Wildman–Crippen MR) is 55.2 cm³/mol. The van der Waals surface area contributed by atoms with Crippen LogP contribution in [0.15, 0.2) is 12.4 Å². The van der Waals surface area contributed by atoms with Crippen molar-refractivity contribution in [3.8, 4) is 0 Å². The Labute approximate surface area is 87.9 Å². The van der Waals surface area contributed by atoms with E-state index in [0.29, 0.717) is 6.61 Å². The molecule has 0 aliphatic heterocycles. The van der Waals surface area contributed by atoms with E-state index in [1.54, 1.807) is 7.11 Å². The second kappa shape index (κ2) is 5.26. The van der Waals surface area contributed by atoms with Gasteiger partial charge in [0.2, 0.25) is 0 Å². The first-order valence-electron chi connectivity index (χ1n) is 4.51. The van der Waals surface area contributed by atoms with E-state index in [9.17, 15) is 4.79 Å². The predicted octanol–water partition coefficient (Wildman–Crippen LogP) is -0.177. The second-order valence-corrected chi connectivity index (χ2v) is 3.12. The summed E-state index contributed by atoms with van der Waals surface area (Å²) in [6.07, 6.45) is 2.86. The molecule has 82 valence electrons. The molecular formula is C9H14N4O2. The van der Waals surface area contributed by atoms with Gasteiger partial charge in [-0.05, 0) is 6.92 Å². The average molecular weight is 210 g/mol. The van der Waals surface area contributed by atoms with Crippen LogP contribution in [0.5, 0.6) is 0 Å². The SMILES string of the molecule is COC[C@H](C)NC(=O)c1nccnc1N. The zero-order valence-corrected chi connectivity index (χ0v) is 8.73. The lowest BCUT2D eigenvalue weighted by Gasteiger charge is -2.12. The highest BCUT2D eigenvalue weighted by molar-refractivity contribution is 5.96. The van der Waals surface area contributed by atoms with E-state index < -0.39 is 0 Å². The highest BCUT2D eigenvalue weighted by atomic mass is 16.5. The molecule has 6 heteroatoms. The number of nitrogens with zero attached hydrogens (tertiary/aromatic N) is 2. The van der Waals surface area contributed by atoms with Crippen molar-refractivity contribution in [1.82, 2.24) is 15.3 Å². The minimum Gasteiger partial charge on any atom is -0.383 e. The molecule has 0 aliphatic rings. The summed E-state index contributed by atoms with van der Waals surface area (Å²) in [6.45, 7) is 2.26. The summed E-state index contributed by atoms with van der Waals surface area (Å²) in [7, 11) is 1.57. The van der Waals surface area contributed by atoms with Crippen LogP contribution in [-0.2, 0) is 4.74 Å². The molecule has 0 fully saturated rings. The maximum Gasteiger partial charge on any atom is 0.274 e. The van der Waals surface area contributed by atoms with Gasteiger partial charge < -0.3 is 15.8 Å². The standard InChI is InChI=1S/C9H14N4O2/c1-6(5-15-2)13-9(14)7-8(10)12-4-3-11-7/h3-4,6H,5H2,1-2H3,(H2,10,12)(H,13,14)/t6-/m0/s1. The van der Waals surface area contributed by atoms with Crippen molar-refractivity contribution in [2.24, 2.45) is 0 Å². The fourth-order valence-electron chi connectivity index (χ4n) is 1.11. The molecule has 1 aromatic rings. The summed E-state index contributed by atoms with van der Waals surface area (Å²) in [5.41, 5.74) is 5.64. The molecule has 0 aliphatic carbocycles. The Bertz CT molecular complexity index is 343. The van der Waals surface area contributed by atoms with Crippen molar-refractivity contribution in [2.45, 2.75) is 13.0 Å². The Morgan fingerprint density at radius 3 is 2.87 bits per heavy atom. The van der Waals surface area contributed by atoms with Gasteiger partial charge in [-0.15, -0.1) is 0 Å². The van der Waals surface area contributed by atoms with Gasteiger partial charge >= 0.3 is 0 Å². The Kier molecular flexibility index (Phi) is 3.99. The van der Waals surface area contributed by atoms with E-state index in [0.717, 1.165) is 0 Å². The van der Waals surface area contributed by atoms with Crippen LogP contribution in [0.3, 0.4) is 0 Å². The summed E-state index contributed by atoms with van der Waals surface area (Å²) in [6, 6.07) is -0.0936. The number of aromatic nitrogens is 2. The monoisotopic (exact) mass is 210 g/mol. The minimum atomic E-state index is -0.342. The van der Waals surface area contributed by atoms with E-state index in [2.05, 4.69) is 15.3 Å². The van der Waals surface area contributed by atoms with Crippen LogP contribution < -0.4 is 11.1 Å². The number of anilines is 1. The average Bonchev–Trinajstić information content (AvgIpc) is 2.18. The molecule has 0 saturated heterocycles. The number of methoxy groups -OCH3 is 1. The molecule has 1 aromatic heterocycles. The summed E-state index contributed by atoms with van der Waals surface area (Å²) >= 11 is 0. The fraction of sp³-hybridized carbons (Fsp3) is 0.444. The summed E-state index contributed by atoms with van der Waals surface area (Å²) in [5.74, 6) is -0.218. The van der Waals surface area contributed by atoms with E-state index in [1.807, 2.05) is 6.92 Å². The lowest BCUT2D eigenvalue weighted by Crippen LogP contribution is -2.36. The van der Waals surface area contributed by atoms with Crippen LogP contribution in [0.4, 0.5) is 5.82 Å². The molecule has 0 saturated carbocycles. The molecular weight excluding hydrogens is 196 g/mol. The number of rotatable bonds is 4. The Morgan fingerprint density at radius 1 is 1.60 bits per heavy atom. The van der Waals surface area contributed by atoms with E-state index >= 15 is 0 Å². The molecule has 0 unspecified atom stereocenters. The highest BCUT2D eigenvalue weighted by Crippen LogP contribution is 2.02. The smallest absolute Gasteiger partial charge is 0.274 e. The number of nitrogens with two attached hydrogens (primary N) is 1. The molecule has 6 nitrogen and oxygen atoms in total. The number of hydrogen-bond donors (Lipinski definition) is 2. The van der Waals surface area contributed by atoms with Gasteiger partial charge in [-0.3, -0.25) is 4.79 Å². The lowest BCUT2D eigenvalue weighted by molar-refractivity contribution is 0.0901. The van der Waals surface area contributed by atoms with Crippen molar-refractivity contribution in [3.05, 3.63) is 18.1 Å². The number of ether oxygens (including phenoxy) is 1. The molecule has 1 amide bonds. The molecule has 0 spiro atoms. The first kappa shape index (κ1) is 11.4. The highest BCUT2D eigenvalue weighted by Gasteiger charge is 2.13. The molecule has 15 heavy (non-hydrogen) atoms. The number of carbonyl (C=O) groups is 1. The number of nitrogens with one attached hydrogen (secondary N) is 1. The Balaban J connectivity index is 2.65. The first-order valence-corrected chi connectivity index (χ1v) is 4.51. The minimum absolute atomic E-state index is 0.0936. The van der Waals surface area contributed by atoms with Gasteiger partial charge in [0.05, 0.1) is 6.61 Å². The van der Waals surface area contributed by atoms with Gasteiger partial charge in [-0.1, -0.05) is 0 Å². The third-order valence-corrected chi connectivity index (χ3v) is 1.74. The lowest BCUT2D eigenvalue weighted by atomic mass is 10.3. The van der Waals surface area contributed by atoms with Crippen molar-refractivity contribution < 1.29 is 9.53 Å². The van der Waals surface area contributed by atoms with Gasteiger partial charge in [0.25, 0.3) is 5.91 Å². The van der Waals surface area contributed by atoms with Crippen molar-refractivity contribution in [2.75, 3.05) is 19.5 Å². The molecule has 0 aromatic carbocycles. The fourth-order valence-corrected chi connectivity index (χ4v) is 1.11. The van der Waals surface area contributed by atoms with Crippen LogP contribution in [0.1, 0.15) is 17.4 Å². The van der Waals surface area contributed by atoms with Gasteiger partial charge in [-0.25, -0.2) is 9.97 Å². The van der Waals surface area contributed by atoms with Gasteiger partial charge in [0.15, 0.2) is 11.5 Å². The second-order valence-electron chi connectivity index (χ2n) is 3.12. The molecule has 0 radical (unpaired) electrons. The summed E-state index contributed by atoms with van der Waals surface area (Å²) in [5, 5.41) is 2.69. The largest absolute Gasteiger partial charge is 0.383 e. The Morgan fingerprint density at radius 2 is 2.27 bits per heavy atom. The number of nitrogen functional groups attached to an aromatic ring is 1. The quantitative estimate of drug-likeness (QED) is 0.719. The van der Waals surface area contributed by atoms with Crippen molar-refractivity contribution in [1.29, 1.82) is 0 Å².